The van der Waals surface area contributed by atoms with E-state index >= 15 is 0 Å². The van der Waals surface area contributed by atoms with Crippen LogP contribution in [0.15, 0.2) is 6.20 Å². The van der Waals surface area contributed by atoms with Gasteiger partial charge in [-0.1, -0.05) is 0 Å². The van der Waals surface area contributed by atoms with Crippen molar-refractivity contribution in [3.63, 3.8) is 0 Å². The Hall–Kier alpha value is -1.22. The number of aryl methyl sites for hydroxylation is 1. The summed E-state index contributed by atoms with van der Waals surface area (Å²) in [6.07, 6.45) is -1.92. The van der Waals surface area contributed by atoms with E-state index in [4.69, 9.17) is 0 Å². The molecule has 0 radical (unpaired) electrons. The first-order valence-electron chi connectivity index (χ1n) is 5.67. The molecule has 5 nitrogen and oxygen atoms in total. The van der Waals surface area contributed by atoms with Crippen molar-refractivity contribution in [3.05, 3.63) is 17.5 Å². The van der Waals surface area contributed by atoms with Crippen LogP contribution in [0, 0.1) is 0 Å². The van der Waals surface area contributed by atoms with Crippen LogP contribution in [-0.4, -0.2) is 44.9 Å². The van der Waals surface area contributed by atoms with E-state index in [0.29, 0.717) is 5.75 Å². The Bertz CT molecular complexity index is 486. The van der Waals surface area contributed by atoms with Crippen molar-refractivity contribution in [1.82, 2.24) is 15.1 Å². The second kappa shape index (κ2) is 6.04. The maximum Gasteiger partial charge on any atom is 0.435 e. The minimum atomic E-state index is -4.70. The number of carbonyl (C=O) groups is 1. The molecule has 0 fully saturated rings. The fourth-order valence-electron chi connectivity index (χ4n) is 1.59. The summed E-state index contributed by atoms with van der Waals surface area (Å²) < 4.78 is 39.1. The quantitative estimate of drug-likeness (QED) is 0.860. The highest BCUT2D eigenvalue weighted by Crippen LogP contribution is 2.30. The molecule has 0 spiro atoms. The number of hydrogen-bond donors (Lipinski definition) is 2. The van der Waals surface area contributed by atoms with Gasteiger partial charge in [-0.2, -0.15) is 30.0 Å². The third-order valence-corrected chi connectivity index (χ3v) is 3.34. The third-order valence-electron chi connectivity index (χ3n) is 2.43. The molecule has 0 aliphatic carbocycles. The minimum absolute atomic E-state index is 0.140. The molecule has 1 atom stereocenters. The third kappa shape index (κ3) is 4.41. The fourth-order valence-corrected chi connectivity index (χ4v) is 2.32. The van der Waals surface area contributed by atoms with Gasteiger partial charge in [0, 0.05) is 25.5 Å². The molecule has 1 rings (SSSR count). The highest BCUT2D eigenvalue weighted by molar-refractivity contribution is 7.98. The van der Waals surface area contributed by atoms with Gasteiger partial charge in [0.15, 0.2) is 5.69 Å². The Kier molecular flexibility index (Phi) is 5.09. The first kappa shape index (κ1) is 16.8. The van der Waals surface area contributed by atoms with E-state index in [2.05, 4.69) is 10.4 Å². The number of thioether (sulfide) groups is 1. The van der Waals surface area contributed by atoms with Crippen LogP contribution in [0.5, 0.6) is 0 Å². The predicted molar refractivity (Wildman–Crippen MR) is 69.5 cm³/mol. The molecule has 0 saturated carbocycles. The fraction of sp³-hybridized carbons (Fsp3) is 0.636. The second-order valence-corrected chi connectivity index (χ2v) is 5.54. The smallest absolute Gasteiger partial charge is 0.387 e. The van der Waals surface area contributed by atoms with Crippen molar-refractivity contribution in [1.29, 1.82) is 0 Å². The van der Waals surface area contributed by atoms with Crippen molar-refractivity contribution in [3.8, 4) is 0 Å². The molecule has 1 heterocycles. The molecule has 0 bridgehead atoms. The largest absolute Gasteiger partial charge is 0.435 e. The SMILES string of the molecule is CSCC(C)(O)CNC(=O)c1cn(C)nc1C(F)(F)F. The maximum absolute atomic E-state index is 12.7. The first-order valence-corrected chi connectivity index (χ1v) is 7.06. The topological polar surface area (TPSA) is 67.2 Å². The summed E-state index contributed by atoms with van der Waals surface area (Å²) in [5, 5.41) is 15.4. The number of hydrogen-bond acceptors (Lipinski definition) is 4. The van der Waals surface area contributed by atoms with Gasteiger partial charge in [0.2, 0.25) is 0 Å². The van der Waals surface area contributed by atoms with Gasteiger partial charge in [-0.25, -0.2) is 0 Å². The lowest BCUT2D eigenvalue weighted by atomic mass is 10.1. The molecule has 0 aromatic carbocycles. The monoisotopic (exact) mass is 311 g/mol. The van der Waals surface area contributed by atoms with Crippen molar-refractivity contribution in [2.75, 3.05) is 18.6 Å². The van der Waals surface area contributed by atoms with E-state index in [1.807, 2.05) is 0 Å². The molecule has 20 heavy (non-hydrogen) atoms. The minimum Gasteiger partial charge on any atom is -0.387 e. The van der Waals surface area contributed by atoms with Gasteiger partial charge in [-0.3, -0.25) is 9.48 Å². The van der Waals surface area contributed by atoms with Gasteiger partial charge < -0.3 is 10.4 Å². The molecule has 9 heteroatoms. The van der Waals surface area contributed by atoms with Crippen molar-refractivity contribution in [2.24, 2.45) is 7.05 Å². The zero-order valence-corrected chi connectivity index (χ0v) is 12.1. The van der Waals surface area contributed by atoms with Crippen molar-refractivity contribution >= 4 is 17.7 Å². The van der Waals surface area contributed by atoms with Gasteiger partial charge in [0.1, 0.15) is 0 Å². The van der Waals surface area contributed by atoms with E-state index in [1.54, 1.807) is 6.26 Å². The standard InChI is InChI=1S/C11H16F3N3O2S/c1-10(19,6-20-3)5-15-9(18)7-4-17(2)16-8(7)11(12,13)14/h4,19H,5-6H2,1-3H3,(H,15,18). The van der Waals surface area contributed by atoms with Crippen LogP contribution in [0.4, 0.5) is 13.2 Å². The van der Waals surface area contributed by atoms with Gasteiger partial charge in [-0.15, -0.1) is 0 Å². The van der Waals surface area contributed by atoms with Crippen LogP contribution in [0.3, 0.4) is 0 Å². The number of aromatic nitrogens is 2. The van der Waals surface area contributed by atoms with Gasteiger partial charge >= 0.3 is 6.18 Å². The molecule has 1 aromatic heterocycles. The maximum atomic E-state index is 12.7. The van der Waals surface area contributed by atoms with E-state index in [9.17, 15) is 23.1 Å². The van der Waals surface area contributed by atoms with E-state index < -0.39 is 28.9 Å². The molecular weight excluding hydrogens is 295 g/mol. The molecule has 2 N–H and O–H groups in total. The van der Waals surface area contributed by atoms with Gasteiger partial charge in [-0.05, 0) is 13.2 Å². The molecule has 1 aromatic rings. The molecule has 0 aliphatic heterocycles. The van der Waals surface area contributed by atoms with Crippen LogP contribution in [0.2, 0.25) is 0 Å². The lowest BCUT2D eigenvalue weighted by Gasteiger charge is -2.22. The average Bonchev–Trinajstić information content (AvgIpc) is 2.68. The van der Waals surface area contributed by atoms with Crippen LogP contribution in [-0.2, 0) is 13.2 Å². The second-order valence-electron chi connectivity index (χ2n) is 4.68. The molecule has 1 unspecified atom stereocenters. The Morgan fingerprint density at radius 1 is 1.55 bits per heavy atom. The van der Waals surface area contributed by atoms with E-state index in [1.165, 1.54) is 25.7 Å². The summed E-state index contributed by atoms with van der Waals surface area (Å²) in [6.45, 7) is 1.36. The van der Waals surface area contributed by atoms with Crippen LogP contribution in [0.1, 0.15) is 23.0 Å². The summed E-state index contributed by atoms with van der Waals surface area (Å²) >= 11 is 1.37. The lowest BCUT2D eigenvalue weighted by Crippen LogP contribution is -2.42. The summed E-state index contributed by atoms with van der Waals surface area (Å²) in [4.78, 5) is 11.8. The zero-order chi connectivity index (χ0) is 15.6. The summed E-state index contributed by atoms with van der Waals surface area (Å²) in [5.74, 6) is -0.557. The number of carbonyl (C=O) groups excluding carboxylic acids is 1. The summed E-state index contributed by atoms with van der Waals surface area (Å²) in [7, 11) is 1.30. The average molecular weight is 311 g/mol. The number of halogens is 3. The first-order chi connectivity index (χ1) is 9.07. The molecule has 114 valence electrons. The Morgan fingerprint density at radius 2 is 2.15 bits per heavy atom. The van der Waals surface area contributed by atoms with E-state index in [-0.39, 0.29) is 6.54 Å². The predicted octanol–water partition coefficient (Wildman–Crippen LogP) is 1.28. The number of nitrogens with one attached hydrogen (secondary N) is 1. The normalized spacial score (nSPS) is 14.9. The number of aliphatic hydroxyl groups is 1. The van der Waals surface area contributed by atoms with Crippen LogP contribution >= 0.6 is 11.8 Å². The highest BCUT2D eigenvalue weighted by Gasteiger charge is 2.39. The Balaban J connectivity index is 2.84. The highest BCUT2D eigenvalue weighted by atomic mass is 32.2. The Labute approximate surface area is 118 Å². The van der Waals surface area contributed by atoms with Gasteiger partial charge in [0.25, 0.3) is 5.91 Å². The van der Waals surface area contributed by atoms with Gasteiger partial charge in [0.05, 0.1) is 11.2 Å². The summed E-state index contributed by atoms with van der Waals surface area (Å²) in [6, 6.07) is 0. The van der Waals surface area contributed by atoms with E-state index in [0.717, 1.165) is 10.9 Å². The molecule has 0 aliphatic rings. The Morgan fingerprint density at radius 3 is 2.65 bits per heavy atom. The van der Waals surface area contributed by atoms with Crippen molar-refractivity contribution < 1.29 is 23.1 Å². The lowest BCUT2D eigenvalue weighted by molar-refractivity contribution is -0.141. The number of amides is 1. The number of rotatable bonds is 5. The zero-order valence-electron chi connectivity index (χ0n) is 11.3. The molecular formula is C11H16F3N3O2S. The van der Waals surface area contributed by atoms with Crippen molar-refractivity contribution in [2.45, 2.75) is 18.7 Å². The van der Waals surface area contributed by atoms with Crippen LogP contribution in [0.25, 0.3) is 0 Å². The molecule has 1 amide bonds. The molecule has 0 saturated heterocycles. The van der Waals surface area contributed by atoms with Crippen LogP contribution < -0.4 is 5.32 Å². The number of alkyl halides is 3. The number of nitrogens with zero attached hydrogens (tertiary/aromatic N) is 2. The summed E-state index contributed by atoms with van der Waals surface area (Å²) in [5.41, 5.74) is -2.97.